The molecule has 1 unspecified atom stereocenters. The molecular weight excluding hydrogens is 429 g/mol. The van der Waals surface area contributed by atoms with Gasteiger partial charge < -0.3 is 9.84 Å². The van der Waals surface area contributed by atoms with Crippen LogP contribution in [0.3, 0.4) is 0 Å². The van der Waals surface area contributed by atoms with Crippen LogP contribution >= 0.6 is 11.8 Å². The molecule has 2 aromatic carbocycles. The Morgan fingerprint density at radius 1 is 1.19 bits per heavy atom. The highest BCUT2D eigenvalue weighted by Crippen LogP contribution is 2.23. The SMILES string of the molecule is Cc1cc(C)cc(-n2ccnc2SCC(=O)NC(C)c2nc(-c3ccc(F)cc3)no2)c1. The van der Waals surface area contributed by atoms with Crippen molar-refractivity contribution in [3.8, 4) is 17.1 Å². The van der Waals surface area contributed by atoms with Gasteiger partial charge in [0.05, 0.1) is 5.75 Å². The van der Waals surface area contributed by atoms with Gasteiger partial charge in [-0.05, 0) is 68.3 Å². The lowest BCUT2D eigenvalue weighted by molar-refractivity contribution is -0.119. The summed E-state index contributed by atoms with van der Waals surface area (Å²) in [5.41, 5.74) is 3.97. The van der Waals surface area contributed by atoms with E-state index in [1.807, 2.05) is 24.6 Å². The maximum atomic E-state index is 13.1. The fraction of sp³-hybridized carbons (Fsp3) is 0.217. The first kappa shape index (κ1) is 21.8. The molecule has 2 heterocycles. The topological polar surface area (TPSA) is 85.8 Å². The Morgan fingerprint density at radius 2 is 1.91 bits per heavy atom. The Bertz CT molecular complexity index is 1220. The van der Waals surface area contributed by atoms with Gasteiger partial charge in [-0.1, -0.05) is 23.0 Å². The molecule has 0 fully saturated rings. The van der Waals surface area contributed by atoms with Gasteiger partial charge in [-0.25, -0.2) is 9.37 Å². The van der Waals surface area contributed by atoms with Gasteiger partial charge in [-0.3, -0.25) is 9.36 Å². The quantitative estimate of drug-likeness (QED) is 0.412. The summed E-state index contributed by atoms with van der Waals surface area (Å²) in [6.07, 6.45) is 3.60. The van der Waals surface area contributed by atoms with Crippen molar-refractivity contribution < 1.29 is 13.7 Å². The largest absolute Gasteiger partial charge is 0.344 e. The van der Waals surface area contributed by atoms with Crippen molar-refractivity contribution in [3.63, 3.8) is 0 Å². The molecule has 1 N–H and O–H groups in total. The van der Waals surface area contributed by atoms with E-state index in [1.165, 1.54) is 23.9 Å². The van der Waals surface area contributed by atoms with Crippen LogP contribution in [-0.4, -0.2) is 31.4 Å². The fourth-order valence-corrected chi connectivity index (χ4v) is 4.07. The van der Waals surface area contributed by atoms with Crippen LogP contribution in [0.2, 0.25) is 0 Å². The number of hydrogen-bond acceptors (Lipinski definition) is 6. The Kier molecular flexibility index (Phi) is 6.36. The third-order valence-corrected chi connectivity index (χ3v) is 5.68. The number of carbonyl (C=O) groups is 1. The van der Waals surface area contributed by atoms with E-state index in [9.17, 15) is 9.18 Å². The second kappa shape index (κ2) is 9.35. The summed E-state index contributed by atoms with van der Waals surface area (Å²) in [6.45, 7) is 5.86. The van der Waals surface area contributed by atoms with Crippen LogP contribution in [0.1, 0.15) is 30.0 Å². The lowest BCUT2D eigenvalue weighted by atomic mass is 10.1. The van der Waals surface area contributed by atoms with E-state index in [4.69, 9.17) is 4.52 Å². The number of carbonyl (C=O) groups excluding carboxylic acids is 1. The van der Waals surface area contributed by atoms with Gasteiger partial charge in [0.15, 0.2) is 5.16 Å². The number of thioether (sulfide) groups is 1. The van der Waals surface area contributed by atoms with Gasteiger partial charge in [0.2, 0.25) is 17.6 Å². The zero-order chi connectivity index (χ0) is 22.7. The molecule has 7 nitrogen and oxygen atoms in total. The molecule has 4 rings (SSSR count). The Hall–Kier alpha value is -3.46. The molecule has 0 saturated carbocycles. The number of aryl methyl sites for hydroxylation is 2. The van der Waals surface area contributed by atoms with Crippen molar-refractivity contribution in [1.82, 2.24) is 25.0 Å². The van der Waals surface area contributed by atoms with Gasteiger partial charge >= 0.3 is 0 Å². The number of amides is 1. The minimum absolute atomic E-state index is 0.181. The first-order valence-corrected chi connectivity index (χ1v) is 11.0. The minimum Gasteiger partial charge on any atom is -0.344 e. The summed E-state index contributed by atoms with van der Waals surface area (Å²) in [5, 5.41) is 7.50. The molecule has 0 aliphatic heterocycles. The number of aromatic nitrogens is 4. The number of nitrogens with one attached hydrogen (secondary N) is 1. The maximum Gasteiger partial charge on any atom is 0.249 e. The summed E-state index contributed by atoms with van der Waals surface area (Å²) in [4.78, 5) is 21.2. The zero-order valence-electron chi connectivity index (χ0n) is 17.9. The van der Waals surface area contributed by atoms with Gasteiger partial charge in [-0.2, -0.15) is 4.98 Å². The molecule has 4 aromatic rings. The number of hydrogen-bond donors (Lipinski definition) is 1. The van der Waals surface area contributed by atoms with Crippen LogP contribution < -0.4 is 5.32 Å². The first-order valence-electron chi connectivity index (χ1n) is 10.0. The van der Waals surface area contributed by atoms with E-state index >= 15 is 0 Å². The highest BCUT2D eigenvalue weighted by Gasteiger charge is 2.18. The number of halogens is 1. The summed E-state index contributed by atoms with van der Waals surface area (Å²) in [6, 6.07) is 11.6. The van der Waals surface area contributed by atoms with Crippen molar-refractivity contribution in [1.29, 1.82) is 0 Å². The molecular formula is C23H22FN5O2S. The molecule has 0 saturated heterocycles. The Labute approximate surface area is 189 Å². The molecule has 32 heavy (non-hydrogen) atoms. The number of benzene rings is 2. The predicted octanol–water partition coefficient (Wildman–Crippen LogP) is 4.65. The summed E-state index contributed by atoms with van der Waals surface area (Å²) in [5.74, 6) is 0.281. The average Bonchev–Trinajstić information content (AvgIpc) is 3.42. The number of rotatable bonds is 7. The minimum atomic E-state index is -0.469. The number of imidazole rings is 1. The normalized spacial score (nSPS) is 12.0. The van der Waals surface area contributed by atoms with E-state index < -0.39 is 6.04 Å². The molecule has 9 heteroatoms. The summed E-state index contributed by atoms with van der Waals surface area (Å²) in [7, 11) is 0. The molecule has 0 spiro atoms. The van der Waals surface area contributed by atoms with Crippen LogP contribution in [-0.2, 0) is 4.79 Å². The van der Waals surface area contributed by atoms with Crippen LogP contribution in [0.15, 0.2) is 64.5 Å². The Morgan fingerprint density at radius 3 is 2.62 bits per heavy atom. The van der Waals surface area contributed by atoms with Crippen molar-refractivity contribution in [2.75, 3.05) is 5.75 Å². The van der Waals surface area contributed by atoms with Gasteiger partial charge in [-0.15, -0.1) is 0 Å². The van der Waals surface area contributed by atoms with E-state index in [0.29, 0.717) is 11.4 Å². The van der Waals surface area contributed by atoms with Crippen molar-refractivity contribution in [2.45, 2.75) is 32.0 Å². The van der Waals surface area contributed by atoms with Crippen molar-refractivity contribution >= 4 is 17.7 Å². The van der Waals surface area contributed by atoms with Crippen molar-refractivity contribution in [2.24, 2.45) is 0 Å². The fourth-order valence-electron chi connectivity index (χ4n) is 3.29. The summed E-state index contributed by atoms with van der Waals surface area (Å²) < 4.78 is 20.3. The molecule has 164 valence electrons. The smallest absolute Gasteiger partial charge is 0.249 e. The van der Waals surface area contributed by atoms with Crippen LogP contribution in [0.5, 0.6) is 0 Å². The lowest BCUT2D eigenvalue weighted by Crippen LogP contribution is -2.28. The molecule has 0 aliphatic rings. The third-order valence-electron chi connectivity index (χ3n) is 4.72. The highest BCUT2D eigenvalue weighted by atomic mass is 32.2. The standard InChI is InChI=1S/C23H22FN5O2S/c1-14-10-15(2)12-19(11-14)29-9-8-25-23(29)32-13-20(30)26-16(3)22-27-21(28-31-22)17-4-6-18(24)7-5-17/h4-12,16H,13H2,1-3H3,(H,26,30). The molecule has 0 bridgehead atoms. The molecule has 0 radical (unpaired) electrons. The third kappa shape index (κ3) is 5.05. The average molecular weight is 452 g/mol. The van der Waals surface area contributed by atoms with Gasteiger partial charge in [0.25, 0.3) is 0 Å². The van der Waals surface area contributed by atoms with E-state index in [0.717, 1.165) is 22.0 Å². The van der Waals surface area contributed by atoms with E-state index in [-0.39, 0.29) is 23.4 Å². The van der Waals surface area contributed by atoms with Crippen LogP contribution in [0.25, 0.3) is 17.1 Å². The molecule has 2 aromatic heterocycles. The van der Waals surface area contributed by atoms with E-state index in [1.54, 1.807) is 25.3 Å². The Balaban J connectivity index is 1.37. The monoisotopic (exact) mass is 451 g/mol. The van der Waals surface area contributed by atoms with Crippen molar-refractivity contribution in [3.05, 3.63) is 77.7 Å². The van der Waals surface area contributed by atoms with E-state index in [2.05, 4.69) is 38.6 Å². The predicted molar refractivity (Wildman–Crippen MR) is 120 cm³/mol. The van der Waals surface area contributed by atoms with Crippen LogP contribution in [0.4, 0.5) is 4.39 Å². The number of nitrogens with zero attached hydrogens (tertiary/aromatic N) is 4. The highest BCUT2D eigenvalue weighted by molar-refractivity contribution is 7.99. The maximum absolute atomic E-state index is 13.1. The second-order valence-electron chi connectivity index (χ2n) is 7.47. The molecule has 1 amide bonds. The van der Waals surface area contributed by atoms with Gasteiger partial charge in [0.1, 0.15) is 11.9 Å². The second-order valence-corrected chi connectivity index (χ2v) is 8.41. The molecule has 0 aliphatic carbocycles. The van der Waals surface area contributed by atoms with Crippen LogP contribution in [0, 0.1) is 19.7 Å². The lowest BCUT2D eigenvalue weighted by Gasteiger charge is -2.11. The zero-order valence-corrected chi connectivity index (χ0v) is 18.7. The first-order chi connectivity index (χ1) is 15.4. The molecule has 1 atom stereocenters. The summed E-state index contributed by atoms with van der Waals surface area (Å²) >= 11 is 1.35. The van der Waals surface area contributed by atoms with Gasteiger partial charge in [0, 0.05) is 23.6 Å².